The Morgan fingerprint density at radius 3 is 2.32 bits per heavy atom. The van der Waals surface area contributed by atoms with Gasteiger partial charge in [-0.2, -0.15) is 0 Å². The summed E-state index contributed by atoms with van der Waals surface area (Å²) < 4.78 is 24.1. The molecule has 5 heteroatoms. The highest BCUT2D eigenvalue weighted by Crippen LogP contribution is 2.13. The summed E-state index contributed by atoms with van der Waals surface area (Å²) in [6, 6.07) is 7.07. The van der Waals surface area contributed by atoms with Crippen molar-refractivity contribution in [2.24, 2.45) is 0 Å². The summed E-state index contributed by atoms with van der Waals surface area (Å²) in [5.74, 6) is -0.0308. The Morgan fingerprint density at radius 2 is 1.79 bits per heavy atom. The standard InChI is InChI=1S/C14H23NO3S/c1-11(2)15-10-13(16)8-9-19(17,18)14-6-4-12(3)5-7-14/h4-7,11,13,15-16H,8-10H2,1-3H3. The summed E-state index contributed by atoms with van der Waals surface area (Å²) in [5, 5.41) is 12.8. The van der Waals surface area contributed by atoms with Gasteiger partial charge in [0.05, 0.1) is 16.8 Å². The molecule has 0 aliphatic carbocycles. The van der Waals surface area contributed by atoms with E-state index in [4.69, 9.17) is 0 Å². The lowest BCUT2D eigenvalue weighted by Gasteiger charge is -2.14. The van der Waals surface area contributed by atoms with E-state index in [0.29, 0.717) is 11.4 Å². The number of sulfone groups is 1. The topological polar surface area (TPSA) is 66.4 Å². The van der Waals surface area contributed by atoms with Crippen LogP contribution in [0.25, 0.3) is 0 Å². The second kappa shape index (κ2) is 7.03. The normalized spacial score (nSPS) is 13.7. The number of hydrogen-bond acceptors (Lipinski definition) is 4. The Balaban J connectivity index is 2.53. The van der Waals surface area contributed by atoms with Gasteiger partial charge in [0, 0.05) is 12.6 Å². The molecule has 0 fully saturated rings. The van der Waals surface area contributed by atoms with Crippen molar-refractivity contribution in [1.82, 2.24) is 5.32 Å². The van der Waals surface area contributed by atoms with Crippen LogP contribution in [0.1, 0.15) is 25.8 Å². The first-order valence-corrected chi connectivity index (χ1v) is 8.17. The molecule has 0 saturated carbocycles. The van der Waals surface area contributed by atoms with Crippen LogP contribution < -0.4 is 5.32 Å². The predicted molar refractivity (Wildman–Crippen MR) is 77.0 cm³/mol. The van der Waals surface area contributed by atoms with Crippen molar-refractivity contribution in [3.05, 3.63) is 29.8 Å². The van der Waals surface area contributed by atoms with Crippen LogP contribution in [0.15, 0.2) is 29.2 Å². The molecular formula is C14H23NO3S. The maximum atomic E-state index is 12.1. The van der Waals surface area contributed by atoms with Crippen molar-refractivity contribution in [3.63, 3.8) is 0 Å². The van der Waals surface area contributed by atoms with E-state index in [1.54, 1.807) is 24.3 Å². The molecule has 4 nitrogen and oxygen atoms in total. The highest BCUT2D eigenvalue weighted by Gasteiger charge is 2.16. The summed E-state index contributed by atoms with van der Waals surface area (Å²) in [6.07, 6.45) is -0.390. The summed E-state index contributed by atoms with van der Waals surface area (Å²) in [7, 11) is -3.30. The Bertz CT molecular complexity index is 480. The summed E-state index contributed by atoms with van der Waals surface area (Å²) >= 11 is 0. The average molecular weight is 285 g/mol. The second-order valence-corrected chi connectivity index (χ2v) is 7.25. The molecule has 0 radical (unpaired) electrons. The first-order valence-electron chi connectivity index (χ1n) is 6.52. The molecule has 1 aromatic carbocycles. The van der Waals surface area contributed by atoms with Crippen molar-refractivity contribution in [2.75, 3.05) is 12.3 Å². The summed E-state index contributed by atoms with van der Waals surface area (Å²) in [5.41, 5.74) is 1.03. The highest BCUT2D eigenvalue weighted by atomic mass is 32.2. The molecule has 19 heavy (non-hydrogen) atoms. The van der Waals surface area contributed by atoms with E-state index in [-0.39, 0.29) is 18.2 Å². The minimum Gasteiger partial charge on any atom is -0.392 e. The smallest absolute Gasteiger partial charge is 0.178 e. The third-order valence-corrected chi connectivity index (χ3v) is 4.63. The van der Waals surface area contributed by atoms with Crippen LogP contribution >= 0.6 is 0 Å². The highest BCUT2D eigenvalue weighted by molar-refractivity contribution is 7.91. The number of hydrogen-bond donors (Lipinski definition) is 2. The van der Waals surface area contributed by atoms with E-state index < -0.39 is 15.9 Å². The third-order valence-electron chi connectivity index (χ3n) is 2.86. The molecule has 1 atom stereocenters. The Kier molecular flexibility index (Phi) is 5.97. The molecular weight excluding hydrogens is 262 g/mol. The minimum atomic E-state index is -3.30. The molecule has 108 valence electrons. The zero-order chi connectivity index (χ0) is 14.5. The van der Waals surface area contributed by atoms with Gasteiger partial charge in [0.25, 0.3) is 0 Å². The van der Waals surface area contributed by atoms with Gasteiger partial charge in [-0.15, -0.1) is 0 Å². The molecule has 0 aliphatic heterocycles. The van der Waals surface area contributed by atoms with Crippen LogP contribution in [-0.4, -0.2) is 38.0 Å². The van der Waals surface area contributed by atoms with Crippen LogP contribution in [0.5, 0.6) is 0 Å². The van der Waals surface area contributed by atoms with E-state index in [0.717, 1.165) is 5.56 Å². The summed E-state index contributed by atoms with van der Waals surface area (Å²) in [4.78, 5) is 0.321. The van der Waals surface area contributed by atoms with E-state index >= 15 is 0 Å². The van der Waals surface area contributed by atoms with Crippen LogP contribution in [0.4, 0.5) is 0 Å². The van der Waals surface area contributed by atoms with Crippen molar-refractivity contribution in [3.8, 4) is 0 Å². The minimum absolute atomic E-state index is 0.0308. The molecule has 0 heterocycles. The summed E-state index contributed by atoms with van der Waals surface area (Å²) in [6.45, 7) is 6.30. The molecule has 2 N–H and O–H groups in total. The van der Waals surface area contributed by atoms with Crippen LogP contribution in [0.2, 0.25) is 0 Å². The molecule has 0 aromatic heterocycles. The quantitative estimate of drug-likeness (QED) is 0.797. The first kappa shape index (κ1) is 16.1. The van der Waals surface area contributed by atoms with E-state index in [1.807, 2.05) is 20.8 Å². The molecule has 0 spiro atoms. The maximum absolute atomic E-state index is 12.1. The lowest BCUT2D eigenvalue weighted by Crippen LogP contribution is -2.32. The fraction of sp³-hybridized carbons (Fsp3) is 0.571. The van der Waals surface area contributed by atoms with Crippen LogP contribution in [0.3, 0.4) is 0 Å². The predicted octanol–water partition coefficient (Wildman–Crippen LogP) is 1.52. The van der Waals surface area contributed by atoms with E-state index in [9.17, 15) is 13.5 Å². The lowest BCUT2D eigenvalue weighted by atomic mass is 10.2. The van der Waals surface area contributed by atoms with E-state index in [1.165, 1.54) is 0 Å². The number of benzene rings is 1. The molecule has 1 aromatic rings. The van der Waals surface area contributed by atoms with Gasteiger partial charge in [-0.05, 0) is 25.5 Å². The SMILES string of the molecule is Cc1ccc(S(=O)(=O)CCC(O)CNC(C)C)cc1. The molecule has 1 rings (SSSR count). The van der Waals surface area contributed by atoms with Crippen molar-refractivity contribution < 1.29 is 13.5 Å². The van der Waals surface area contributed by atoms with Crippen LogP contribution in [0, 0.1) is 6.92 Å². The number of aryl methyl sites for hydroxylation is 1. The second-order valence-electron chi connectivity index (χ2n) is 5.14. The largest absolute Gasteiger partial charge is 0.392 e. The Morgan fingerprint density at radius 1 is 1.21 bits per heavy atom. The zero-order valence-electron chi connectivity index (χ0n) is 11.8. The van der Waals surface area contributed by atoms with Gasteiger partial charge in [-0.3, -0.25) is 0 Å². The Hall–Kier alpha value is -0.910. The number of rotatable bonds is 7. The van der Waals surface area contributed by atoms with Crippen molar-refractivity contribution >= 4 is 9.84 Å². The number of nitrogens with one attached hydrogen (secondary N) is 1. The molecule has 0 amide bonds. The fourth-order valence-corrected chi connectivity index (χ4v) is 3.00. The van der Waals surface area contributed by atoms with Gasteiger partial charge in [-0.1, -0.05) is 31.5 Å². The van der Waals surface area contributed by atoms with Gasteiger partial charge in [0.15, 0.2) is 9.84 Å². The third kappa shape index (κ3) is 5.72. The van der Waals surface area contributed by atoms with Crippen molar-refractivity contribution in [2.45, 2.75) is 44.2 Å². The van der Waals surface area contributed by atoms with Crippen molar-refractivity contribution in [1.29, 1.82) is 0 Å². The maximum Gasteiger partial charge on any atom is 0.178 e. The van der Waals surface area contributed by atoms with E-state index in [2.05, 4.69) is 5.32 Å². The molecule has 0 saturated heterocycles. The first-order chi connectivity index (χ1) is 8.81. The lowest BCUT2D eigenvalue weighted by molar-refractivity contribution is 0.165. The van der Waals surface area contributed by atoms with Gasteiger partial charge in [-0.25, -0.2) is 8.42 Å². The fourth-order valence-electron chi connectivity index (χ4n) is 1.63. The number of aliphatic hydroxyl groups is 1. The zero-order valence-corrected chi connectivity index (χ0v) is 12.6. The van der Waals surface area contributed by atoms with Gasteiger partial charge >= 0.3 is 0 Å². The van der Waals surface area contributed by atoms with Crippen LogP contribution in [-0.2, 0) is 9.84 Å². The molecule has 0 aliphatic rings. The molecule has 0 bridgehead atoms. The monoisotopic (exact) mass is 285 g/mol. The Labute approximate surface area is 115 Å². The number of aliphatic hydroxyl groups excluding tert-OH is 1. The van der Waals surface area contributed by atoms with Gasteiger partial charge in [0.1, 0.15) is 0 Å². The van der Waals surface area contributed by atoms with Gasteiger partial charge < -0.3 is 10.4 Å². The van der Waals surface area contributed by atoms with Gasteiger partial charge in [0.2, 0.25) is 0 Å². The molecule has 1 unspecified atom stereocenters. The average Bonchev–Trinajstić information content (AvgIpc) is 2.34.